The van der Waals surface area contributed by atoms with Gasteiger partial charge in [0.05, 0.1) is 6.54 Å². The number of rotatable bonds is 4. The van der Waals surface area contributed by atoms with Gasteiger partial charge in [-0.1, -0.05) is 0 Å². The minimum atomic E-state index is -2.46. The third-order valence-electron chi connectivity index (χ3n) is 1.67. The summed E-state index contributed by atoms with van der Waals surface area (Å²) >= 11 is 0. The zero-order valence-corrected chi connectivity index (χ0v) is 8.11. The zero-order chi connectivity index (χ0) is 11.4. The summed E-state index contributed by atoms with van der Waals surface area (Å²) in [5, 5.41) is 7.14. The lowest BCUT2D eigenvalue weighted by Crippen LogP contribution is -2.27. The van der Waals surface area contributed by atoms with E-state index in [0.29, 0.717) is 0 Å². The fraction of sp³-hybridized carbons (Fsp3) is 0.375. The van der Waals surface area contributed by atoms with Gasteiger partial charge in [-0.15, -0.1) is 0 Å². The number of alkyl halides is 2. The van der Waals surface area contributed by atoms with Crippen LogP contribution in [0, 0.1) is 5.41 Å². The van der Waals surface area contributed by atoms with Crippen LogP contribution in [0.5, 0.6) is 0 Å². The van der Waals surface area contributed by atoms with Gasteiger partial charge in [-0.05, 0) is 6.07 Å². The zero-order valence-electron chi connectivity index (χ0n) is 8.11. The first-order valence-corrected chi connectivity index (χ1v) is 4.17. The second kappa shape index (κ2) is 4.63. The molecule has 0 radical (unpaired) electrons. The Kier molecular flexibility index (Phi) is 3.48. The summed E-state index contributed by atoms with van der Waals surface area (Å²) in [5.74, 6) is -0.0907. The van der Waals surface area contributed by atoms with E-state index in [0.717, 1.165) is 0 Å². The Morgan fingerprint density at radius 1 is 1.67 bits per heavy atom. The summed E-state index contributed by atoms with van der Waals surface area (Å²) in [4.78, 5) is 8.87. The molecule has 0 amide bonds. The molecule has 0 spiro atoms. The summed E-state index contributed by atoms with van der Waals surface area (Å²) in [5.41, 5.74) is 5.43. The van der Waals surface area contributed by atoms with Gasteiger partial charge < -0.3 is 10.6 Å². The predicted octanol–water partition coefficient (Wildman–Crippen LogP) is 0.462. The van der Waals surface area contributed by atoms with E-state index in [1.165, 1.54) is 24.2 Å². The standard InChI is InChI=1S/C8H11F2N5/c1-15(4-6(9)10)8-13-3-2-5(14-8)7(11)12/h2-3,6H,4H2,1H3,(H3,11,12). The summed E-state index contributed by atoms with van der Waals surface area (Å²) in [6, 6.07) is 1.45. The molecule has 0 aliphatic carbocycles. The van der Waals surface area contributed by atoms with Crippen LogP contribution < -0.4 is 10.6 Å². The van der Waals surface area contributed by atoms with Gasteiger partial charge in [-0.25, -0.2) is 18.7 Å². The fourth-order valence-corrected chi connectivity index (χ4v) is 0.971. The number of nitrogen functional groups attached to an aromatic ring is 1. The number of amidine groups is 1. The third kappa shape index (κ3) is 3.12. The third-order valence-corrected chi connectivity index (χ3v) is 1.67. The number of nitrogens with one attached hydrogen (secondary N) is 1. The predicted molar refractivity (Wildman–Crippen MR) is 52.3 cm³/mol. The highest BCUT2D eigenvalue weighted by Gasteiger charge is 2.11. The van der Waals surface area contributed by atoms with Gasteiger partial charge in [-0.2, -0.15) is 0 Å². The SMILES string of the molecule is CN(CC(F)F)c1nccc(C(=N)N)n1. The van der Waals surface area contributed by atoms with Crippen LogP contribution in [0.1, 0.15) is 5.69 Å². The van der Waals surface area contributed by atoms with Gasteiger partial charge in [0.1, 0.15) is 11.5 Å². The normalized spacial score (nSPS) is 10.4. The van der Waals surface area contributed by atoms with Crippen molar-refractivity contribution in [1.29, 1.82) is 5.41 Å². The van der Waals surface area contributed by atoms with E-state index in [1.807, 2.05) is 0 Å². The van der Waals surface area contributed by atoms with Crippen LogP contribution in [-0.4, -0.2) is 35.8 Å². The molecular formula is C8H11F2N5. The maximum absolute atomic E-state index is 12.1. The van der Waals surface area contributed by atoms with E-state index in [-0.39, 0.29) is 17.5 Å². The van der Waals surface area contributed by atoms with E-state index in [9.17, 15) is 8.78 Å². The van der Waals surface area contributed by atoms with Crippen molar-refractivity contribution < 1.29 is 8.78 Å². The van der Waals surface area contributed by atoms with Crippen molar-refractivity contribution in [3.8, 4) is 0 Å². The Labute approximate surface area is 85.4 Å². The van der Waals surface area contributed by atoms with Crippen molar-refractivity contribution in [2.24, 2.45) is 5.73 Å². The van der Waals surface area contributed by atoms with Crippen molar-refractivity contribution in [2.75, 3.05) is 18.5 Å². The van der Waals surface area contributed by atoms with Crippen molar-refractivity contribution in [1.82, 2.24) is 9.97 Å². The largest absolute Gasteiger partial charge is 0.382 e. The molecule has 5 nitrogen and oxygen atoms in total. The number of anilines is 1. The molecule has 0 unspecified atom stereocenters. The molecule has 0 bridgehead atoms. The first-order chi connectivity index (χ1) is 7.00. The second-order valence-electron chi connectivity index (χ2n) is 2.93. The van der Waals surface area contributed by atoms with Gasteiger partial charge in [0.15, 0.2) is 0 Å². The Balaban J connectivity index is 2.85. The van der Waals surface area contributed by atoms with Gasteiger partial charge in [0.25, 0.3) is 6.43 Å². The average Bonchev–Trinajstić information content (AvgIpc) is 2.17. The Hall–Kier alpha value is -1.79. The minimum absolute atomic E-state index is 0.128. The Morgan fingerprint density at radius 2 is 2.33 bits per heavy atom. The number of halogens is 2. The highest BCUT2D eigenvalue weighted by molar-refractivity contribution is 5.93. The molecule has 0 atom stereocenters. The van der Waals surface area contributed by atoms with E-state index in [4.69, 9.17) is 11.1 Å². The number of hydrogen-bond acceptors (Lipinski definition) is 4. The van der Waals surface area contributed by atoms with Crippen molar-refractivity contribution >= 4 is 11.8 Å². The van der Waals surface area contributed by atoms with E-state index in [1.54, 1.807) is 0 Å². The molecule has 15 heavy (non-hydrogen) atoms. The van der Waals surface area contributed by atoms with Crippen LogP contribution in [0.25, 0.3) is 0 Å². The molecule has 0 aliphatic heterocycles. The summed E-state index contributed by atoms with van der Waals surface area (Å²) in [6.07, 6.45) is -1.08. The van der Waals surface area contributed by atoms with Crippen LogP contribution in [0.15, 0.2) is 12.3 Å². The number of nitrogens with zero attached hydrogens (tertiary/aromatic N) is 3. The van der Waals surface area contributed by atoms with Crippen LogP contribution in [0.4, 0.5) is 14.7 Å². The van der Waals surface area contributed by atoms with Crippen molar-refractivity contribution in [3.05, 3.63) is 18.0 Å². The molecule has 7 heteroatoms. The molecule has 82 valence electrons. The van der Waals surface area contributed by atoms with Crippen LogP contribution in [0.3, 0.4) is 0 Å². The van der Waals surface area contributed by atoms with Crippen LogP contribution in [-0.2, 0) is 0 Å². The molecule has 0 saturated carbocycles. The quantitative estimate of drug-likeness (QED) is 0.565. The van der Waals surface area contributed by atoms with Crippen molar-refractivity contribution in [2.45, 2.75) is 6.43 Å². The number of hydrogen-bond donors (Lipinski definition) is 2. The molecule has 1 heterocycles. The molecule has 1 aromatic heterocycles. The van der Waals surface area contributed by atoms with Gasteiger partial charge >= 0.3 is 0 Å². The first-order valence-electron chi connectivity index (χ1n) is 4.17. The maximum atomic E-state index is 12.1. The molecule has 3 N–H and O–H groups in total. The van der Waals surface area contributed by atoms with Gasteiger partial charge in [0.2, 0.25) is 5.95 Å². The minimum Gasteiger partial charge on any atom is -0.382 e. The second-order valence-corrected chi connectivity index (χ2v) is 2.93. The molecule has 0 aromatic carbocycles. The molecule has 0 fully saturated rings. The van der Waals surface area contributed by atoms with E-state index >= 15 is 0 Å². The van der Waals surface area contributed by atoms with Gasteiger partial charge in [-0.3, -0.25) is 5.41 Å². The fourth-order valence-electron chi connectivity index (χ4n) is 0.971. The summed E-state index contributed by atoms with van der Waals surface area (Å²) in [6.45, 7) is -0.457. The number of nitrogens with two attached hydrogens (primary N) is 1. The monoisotopic (exact) mass is 215 g/mol. The first kappa shape index (κ1) is 11.3. The van der Waals surface area contributed by atoms with Crippen LogP contribution in [0.2, 0.25) is 0 Å². The van der Waals surface area contributed by atoms with E-state index in [2.05, 4.69) is 9.97 Å². The highest BCUT2D eigenvalue weighted by Crippen LogP contribution is 2.07. The molecular weight excluding hydrogens is 204 g/mol. The summed E-state index contributed by atoms with van der Waals surface area (Å²) in [7, 11) is 1.45. The Bertz CT molecular complexity index is 355. The molecule has 1 rings (SSSR count). The summed E-state index contributed by atoms with van der Waals surface area (Å²) < 4.78 is 24.1. The molecule has 1 aromatic rings. The Morgan fingerprint density at radius 3 is 2.87 bits per heavy atom. The van der Waals surface area contributed by atoms with Gasteiger partial charge in [0, 0.05) is 13.2 Å². The lowest BCUT2D eigenvalue weighted by atomic mass is 10.4. The lowest BCUT2D eigenvalue weighted by Gasteiger charge is -2.16. The van der Waals surface area contributed by atoms with Crippen LogP contribution >= 0.6 is 0 Å². The van der Waals surface area contributed by atoms with Crippen molar-refractivity contribution in [3.63, 3.8) is 0 Å². The topological polar surface area (TPSA) is 78.9 Å². The molecule has 0 saturated heterocycles. The number of aromatic nitrogens is 2. The average molecular weight is 215 g/mol. The maximum Gasteiger partial charge on any atom is 0.255 e. The highest BCUT2D eigenvalue weighted by atomic mass is 19.3. The molecule has 0 aliphatic rings. The smallest absolute Gasteiger partial charge is 0.255 e. The van der Waals surface area contributed by atoms with E-state index < -0.39 is 13.0 Å². The lowest BCUT2D eigenvalue weighted by molar-refractivity contribution is 0.156.